The van der Waals surface area contributed by atoms with E-state index in [0.717, 1.165) is 18.8 Å². The lowest BCUT2D eigenvalue weighted by molar-refractivity contribution is -0.0434. The summed E-state index contributed by atoms with van der Waals surface area (Å²) in [6, 6.07) is 0. The normalized spacial score (nSPS) is 46.7. The maximum absolute atomic E-state index is 10.3. The van der Waals surface area contributed by atoms with Crippen LogP contribution in [0.25, 0.3) is 0 Å². The van der Waals surface area contributed by atoms with Gasteiger partial charge >= 0.3 is 0 Å². The zero-order chi connectivity index (χ0) is 11.1. The maximum Gasteiger partial charge on any atom is 0.0599 e. The Bertz CT molecular complexity index is 269. The molecule has 1 heteroatoms. The van der Waals surface area contributed by atoms with Crippen molar-refractivity contribution < 1.29 is 5.11 Å². The molecule has 0 saturated heterocycles. The summed E-state index contributed by atoms with van der Waals surface area (Å²) in [5.74, 6) is 1.45. The second-order valence-corrected chi connectivity index (χ2v) is 6.14. The van der Waals surface area contributed by atoms with Gasteiger partial charge in [0.1, 0.15) is 0 Å². The van der Waals surface area contributed by atoms with Gasteiger partial charge < -0.3 is 5.11 Å². The van der Waals surface area contributed by atoms with Gasteiger partial charge in [-0.1, -0.05) is 25.5 Å². The van der Waals surface area contributed by atoms with Gasteiger partial charge in [0.05, 0.1) is 6.10 Å². The van der Waals surface area contributed by atoms with Gasteiger partial charge in [-0.25, -0.2) is 0 Å². The van der Waals surface area contributed by atoms with Gasteiger partial charge in [0, 0.05) is 5.41 Å². The molecule has 0 aromatic rings. The van der Waals surface area contributed by atoms with Gasteiger partial charge in [-0.15, -0.1) is 0 Å². The van der Waals surface area contributed by atoms with Crippen LogP contribution in [0.3, 0.4) is 0 Å². The summed E-state index contributed by atoms with van der Waals surface area (Å²) in [4.78, 5) is 0. The topological polar surface area (TPSA) is 20.2 Å². The van der Waals surface area contributed by atoms with Crippen molar-refractivity contribution in [2.45, 2.75) is 59.0 Å². The molecular weight excluding hydrogens is 184 g/mol. The molecular formula is C14H24O. The average molecular weight is 208 g/mol. The number of allylic oxidation sites excluding steroid dienone is 2. The molecule has 1 nitrogen and oxygen atoms in total. The quantitative estimate of drug-likeness (QED) is 0.604. The second-order valence-electron chi connectivity index (χ2n) is 6.14. The van der Waals surface area contributed by atoms with Crippen LogP contribution in [0.1, 0.15) is 52.9 Å². The predicted octanol–water partition coefficient (Wildman–Crippen LogP) is 3.53. The highest BCUT2D eigenvalue weighted by Gasteiger charge is 2.44. The molecule has 1 saturated carbocycles. The standard InChI is InChI=1S/C14H24O/c1-10-4-5-13(15)14(7-10)8-11(2)6-12(3)9-14/h6,10-11,13,15H,4-5,7-9H2,1-3H3. The Balaban J connectivity index is 2.21. The number of aliphatic hydroxyl groups is 1. The maximum atomic E-state index is 10.3. The van der Waals surface area contributed by atoms with E-state index in [1.165, 1.54) is 24.8 Å². The zero-order valence-electron chi connectivity index (χ0n) is 10.3. The summed E-state index contributed by atoms with van der Waals surface area (Å²) >= 11 is 0. The molecule has 0 aromatic heterocycles. The largest absolute Gasteiger partial charge is 0.393 e. The van der Waals surface area contributed by atoms with Crippen LogP contribution in [0, 0.1) is 17.3 Å². The zero-order valence-corrected chi connectivity index (χ0v) is 10.3. The van der Waals surface area contributed by atoms with E-state index in [4.69, 9.17) is 0 Å². The molecule has 0 aromatic carbocycles. The van der Waals surface area contributed by atoms with Crippen LogP contribution in [0.4, 0.5) is 0 Å². The first-order valence-electron chi connectivity index (χ1n) is 6.37. The van der Waals surface area contributed by atoms with Gasteiger partial charge in [0.15, 0.2) is 0 Å². The Morgan fingerprint density at radius 2 is 2.00 bits per heavy atom. The molecule has 4 unspecified atom stereocenters. The van der Waals surface area contributed by atoms with Gasteiger partial charge in [-0.05, 0) is 50.9 Å². The molecule has 86 valence electrons. The Labute approximate surface area is 93.6 Å². The summed E-state index contributed by atoms with van der Waals surface area (Å²) in [7, 11) is 0. The molecule has 2 rings (SSSR count). The first kappa shape index (κ1) is 11.2. The number of aliphatic hydroxyl groups excluding tert-OH is 1. The predicted molar refractivity (Wildman–Crippen MR) is 63.6 cm³/mol. The number of rotatable bonds is 0. The molecule has 4 atom stereocenters. The van der Waals surface area contributed by atoms with Crippen molar-refractivity contribution in [2.75, 3.05) is 0 Å². The lowest BCUT2D eigenvalue weighted by Gasteiger charge is -2.47. The van der Waals surface area contributed by atoms with Crippen molar-refractivity contribution in [1.29, 1.82) is 0 Å². The Morgan fingerprint density at radius 3 is 2.67 bits per heavy atom. The average Bonchev–Trinajstić information content (AvgIpc) is 2.10. The van der Waals surface area contributed by atoms with E-state index in [-0.39, 0.29) is 11.5 Å². The molecule has 0 aliphatic heterocycles. The van der Waals surface area contributed by atoms with E-state index in [1.807, 2.05) is 0 Å². The first-order chi connectivity index (χ1) is 7.02. The summed E-state index contributed by atoms with van der Waals surface area (Å²) in [5, 5.41) is 10.3. The van der Waals surface area contributed by atoms with Crippen LogP contribution in [0.15, 0.2) is 11.6 Å². The monoisotopic (exact) mass is 208 g/mol. The fraction of sp³-hybridized carbons (Fsp3) is 0.857. The van der Waals surface area contributed by atoms with Gasteiger partial charge in [0.25, 0.3) is 0 Å². The van der Waals surface area contributed by atoms with Gasteiger partial charge in [-0.2, -0.15) is 0 Å². The van der Waals surface area contributed by atoms with Crippen LogP contribution in [0.5, 0.6) is 0 Å². The van der Waals surface area contributed by atoms with Crippen molar-refractivity contribution >= 4 is 0 Å². The highest BCUT2D eigenvalue weighted by Crippen LogP contribution is 2.50. The lowest BCUT2D eigenvalue weighted by Crippen LogP contribution is -2.43. The van der Waals surface area contributed by atoms with Crippen molar-refractivity contribution in [3.63, 3.8) is 0 Å². The SMILES string of the molecule is CC1=CC(C)CC2(C1)CC(C)CCC2O. The Hall–Kier alpha value is -0.300. The molecule has 1 spiro atoms. The fourth-order valence-electron chi connectivity index (χ4n) is 3.96. The van der Waals surface area contributed by atoms with Crippen molar-refractivity contribution in [3.8, 4) is 0 Å². The smallest absolute Gasteiger partial charge is 0.0599 e. The minimum atomic E-state index is -0.0557. The van der Waals surface area contributed by atoms with E-state index in [0.29, 0.717) is 5.92 Å². The van der Waals surface area contributed by atoms with Crippen LogP contribution >= 0.6 is 0 Å². The summed E-state index contributed by atoms with van der Waals surface area (Å²) in [6.45, 7) is 6.85. The highest BCUT2D eigenvalue weighted by atomic mass is 16.3. The Morgan fingerprint density at radius 1 is 1.27 bits per heavy atom. The Kier molecular flexibility index (Phi) is 2.94. The van der Waals surface area contributed by atoms with E-state index in [2.05, 4.69) is 26.8 Å². The third-order valence-electron chi connectivity index (χ3n) is 4.32. The van der Waals surface area contributed by atoms with Gasteiger partial charge in [-0.3, -0.25) is 0 Å². The van der Waals surface area contributed by atoms with Crippen LogP contribution in [0.2, 0.25) is 0 Å². The van der Waals surface area contributed by atoms with Gasteiger partial charge in [0.2, 0.25) is 0 Å². The molecule has 0 radical (unpaired) electrons. The van der Waals surface area contributed by atoms with Crippen LogP contribution in [-0.2, 0) is 0 Å². The summed E-state index contributed by atoms with van der Waals surface area (Å²) < 4.78 is 0. The molecule has 15 heavy (non-hydrogen) atoms. The minimum Gasteiger partial charge on any atom is -0.393 e. The third kappa shape index (κ3) is 2.13. The van der Waals surface area contributed by atoms with E-state index < -0.39 is 0 Å². The molecule has 1 N–H and O–H groups in total. The minimum absolute atomic E-state index is 0.0557. The summed E-state index contributed by atoms with van der Waals surface area (Å²) in [6.07, 6.45) is 8.10. The highest BCUT2D eigenvalue weighted by molar-refractivity contribution is 5.13. The molecule has 0 heterocycles. The number of hydrogen-bond donors (Lipinski definition) is 1. The molecule has 1 fully saturated rings. The third-order valence-corrected chi connectivity index (χ3v) is 4.32. The van der Waals surface area contributed by atoms with Crippen LogP contribution < -0.4 is 0 Å². The van der Waals surface area contributed by atoms with Crippen molar-refractivity contribution in [3.05, 3.63) is 11.6 Å². The first-order valence-corrected chi connectivity index (χ1v) is 6.37. The summed E-state index contributed by atoms with van der Waals surface area (Å²) in [5.41, 5.74) is 1.71. The van der Waals surface area contributed by atoms with E-state index >= 15 is 0 Å². The van der Waals surface area contributed by atoms with E-state index in [1.54, 1.807) is 0 Å². The van der Waals surface area contributed by atoms with Crippen LogP contribution in [-0.4, -0.2) is 11.2 Å². The molecule has 0 amide bonds. The van der Waals surface area contributed by atoms with Crippen molar-refractivity contribution in [1.82, 2.24) is 0 Å². The molecule has 0 bridgehead atoms. The van der Waals surface area contributed by atoms with Crippen molar-refractivity contribution in [2.24, 2.45) is 17.3 Å². The molecule has 2 aliphatic rings. The second kappa shape index (κ2) is 3.93. The molecule has 2 aliphatic carbocycles. The lowest BCUT2D eigenvalue weighted by atomic mass is 9.59. The fourth-order valence-corrected chi connectivity index (χ4v) is 3.96. The van der Waals surface area contributed by atoms with E-state index in [9.17, 15) is 5.11 Å². The number of hydrogen-bond acceptors (Lipinski definition) is 1.